The fourth-order valence-electron chi connectivity index (χ4n) is 3.94. The number of aromatic nitrogens is 2. The average Bonchev–Trinajstić information content (AvgIpc) is 2.83. The number of nitrogens with one attached hydrogen (secondary N) is 1. The number of carbonyl (C=O) groups is 1. The molecule has 0 aliphatic carbocycles. The zero-order chi connectivity index (χ0) is 24.8. The summed E-state index contributed by atoms with van der Waals surface area (Å²) in [5.41, 5.74) is 1.98. The number of rotatable bonds is 6. The van der Waals surface area contributed by atoms with Crippen molar-refractivity contribution < 1.29 is 19.0 Å². The van der Waals surface area contributed by atoms with E-state index in [0.29, 0.717) is 18.9 Å². The van der Waals surface area contributed by atoms with E-state index in [1.807, 2.05) is 75.4 Å². The number of benzene rings is 2. The molecule has 0 bridgehead atoms. The lowest BCUT2D eigenvalue weighted by Gasteiger charge is -2.34. The van der Waals surface area contributed by atoms with Crippen LogP contribution in [0.2, 0.25) is 0 Å². The Bertz CT molecular complexity index is 1160. The SMILES string of the molecule is COc1ccccc1-c1cc(Nc2cccc(OC3CCCN(C(=O)OC(C)(C)C)C3)c2)ncn1. The maximum atomic E-state index is 12.5. The molecule has 1 fully saturated rings. The molecule has 1 atom stereocenters. The first-order valence-corrected chi connectivity index (χ1v) is 11.8. The zero-order valence-corrected chi connectivity index (χ0v) is 20.7. The van der Waals surface area contributed by atoms with Crippen LogP contribution >= 0.6 is 0 Å². The van der Waals surface area contributed by atoms with E-state index in [-0.39, 0.29) is 12.2 Å². The van der Waals surface area contributed by atoms with Crippen LogP contribution in [-0.4, -0.2) is 52.9 Å². The molecule has 0 spiro atoms. The van der Waals surface area contributed by atoms with E-state index < -0.39 is 5.60 Å². The first kappa shape index (κ1) is 24.3. The van der Waals surface area contributed by atoms with Crippen LogP contribution in [0.4, 0.5) is 16.3 Å². The summed E-state index contributed by atoms with van der Waals surface area (Å²) in [7, 11) is 1.64. The average molecular weight is 477 g/mol. The molecule has 3 aromatic rings. The number of piperidine rings is 1. The lowest BCUT2D eigenvalue weighted by Crippen LogP contribution is -2.46. The summed E-state index contributed by atoms with van der Waals surface area (Å²) < 4.78 is 17.2. The summed E-state index contributed by atoms with van der Waals surface area (Å²) in [5.74, 6) is 2.14. The number of hydrogen-bond donors (Lipinski definition) is 1. The van der Waals surface area contributed by atoms with Crippen molar-refractivity contribution in [2.24, 2.45) is 0 Å². The first-order chi connectivity index (χ1) is 16.8. The summed E-state index contributed by atoms with van der Waals surface area (Å²) in [4.78, 5) is 22.9. The van der Waals surface area contributed by atoms with E-state index in [1.165, 1.54) is 6.33 Å². The quantitative estimate of drug-likeness (QED) is 0.490. The molecule has 4 rings (SSSR count). The van der Waals surface area contributed by atoms with Gasteiger partial charge in [-0.05, 0) is 57.9 Å². The van der Waals surface area contributed by atoms with E-state index in [9.17, 15) is 4.79 Å². The third-order valence-corrected chi connectivity index (χ3v) is 5.49. The summed E-state index contributed by atoms with van der Waals surface area (Å²) in [5, 5.41) is 3.33. The summed E-state index contributed by atoms with van der Waals surface area (Å²) in [6.07, 6.45) is 2.88. The van der Waals surface area contributed by atoms with Gasteiger partial charge >= 0.3 is 6.09 Å². The van der Waals surface area contributed by atoms with Crippen LogP contribution in [0, 0.1) is 0 Å². The minimum atomic E-state index is -0.516. The van der Waals surface area contributed by atoms with Crippen LogP contribution in [0.1, 0.15) is 33.6 Å². The van der Waals surface area contributed by atoms with Gasteiger partial charge in [0.15, 0.2) is 0 Å². The topological polar surface area (TPSA) is 85.8 Å². The molecule has 2 heterocycles. The van der Waals surface area contributed by atoms with Crippen LogP contribution < -0.4 is 14.8 Å². The smallest absolute Gasteiger partial charge is 0.410 e. The highest BCUT2D eigenvalue weighted by molar-refractivity contribution is 5.70. The highest BCUT2D eigenvalue weighted by Gasteiger charge is 2.28. The van der Waals surface area contributed by atoms with Crippen LogP contribution in [0.15, 0.2) is 60.9 Å². The molecule has 1 aliphatic heterocycles. The van der Waals surface area contributed by atoms with Gasteiger partial charge in [0.05, 0.1) is 19.3 Å². The van der Waals surface area contributed by atoms with Gasteiger partial charge in [0, 0.05) is 29.9 Å². The van der Waals surface area contributed by atoms with Gasteiger partial charge in [0.2, 0.25) is 0 Å². The fourth-order valence-corrected chi connectivity index (χ4v) is 3.94. The number of hydrogen-bond acceptors (Lipinski definition) is 7. The monoisotopic (exact) mass is 476 g/mol. The van der Waals surface area contributed by atoms with E-state index >= 15 is 0 Å². The van der Waals surface area contributed by atoms with Crippen LogP contribution in [-0.2, 0) is 4.74 Å². The molecule has 1 saturated heterocycles. The second kappa shape index (κ2) is 10.6. The molecule has 2 aromatic carbocycles. The second-order valence-corrected chi connectivity index (χ2v) is 9.45. The van der Waals surface area contributed by atoms with Gasteiger partial charge < -0.3 is 24.4 Å². The normalized spacial score (nSPS) is 15.9. The van der Waals surface area contributed by atoms with E-state index in [1.54, 1.807) is 12.0 Å². The van der Waals surface area contributed by atoms with E-state index in [4.69, 9.17) is 14.2 Å². The predicted octanol–water partition coefficient (Wildman–Crippen LogP) is 5.67. The molecule has 0 radical (unpaired) electrons. The lowest BCUT2D eigenvalue weighted by atomic mass is 10.1. The van der Waals surface area contributed by atoms with Crippen LogP contribution in [0.25, 0.3) is 11.3 Å². The van der Waals surface area contributed by atoms with Crippen LogP contribution in [0.5, 0.6) is 11.5 Å². The Balaban J connectivity index is 1.42. The number of nitrogens with zero attached hydrogens (tertiary/aromatic N) is 3. The fraction of sp³-hybridized carbons (Fsp3) is 0.370. The third kappa shape index (κ3) is 6.62. The Morgan fingerprint density at radius 1 is 1.09 bits per heavy atom. The van der Waals surface area contributed by atoms with E-state index in [0.717, 1.165) is 41.3 Å². The van der Waals surface area contributed by atoms with Gasteiger partial charge in [0.1, 0.15) is 35.3 Å². The number of para-hydroxylation sites is 1. The van der Waals surface area contributed by atoms with Crippen molar-refractivity contribution in [1.82, 2.24) is 14.9 Å². The van der Waals surface area contributed by atoms with Gasteiger partial charge in [0.25, 0.3) is 0 Å². The van der Waals surface area contributed by atoms with Crippen molar-refractivity contribution in [2.45, 2.75) is 45.3 Å². The number of likely N-dealkylation sites (tertiary alicyclic amines) is 1. The molecule has 8 nitrogen and oxygen atoms in total. The number of anilines is 2. The van der Waals surface area contributed by atoms with Gasteiger partial charge in [-0.25, -0.2) is 14.8 Å². The molecule has 1 amide bonds. The van der Waals surface area contributed by atoms with Crippen molar-refractivity contribution >= 4 is 17.6 Å². The Kier molecular flexibility index (Phi) is 7.39. The maximum absolute atomic E-state index is 12.5. The summed E-state index contributed by atoms with van der Waals surface area (Å²) >= 11 is 0. The molecular formula is C27H32N4O4. The molecule has 184 valence electrons. The van der Waals surface area contributed by atoms with Crippen molar-refractivity contribution in [3.63, 3.8) is 0 Å². The summed E-state index contributed by atoms with van der Waals surface area (Å²) in [6, 6.07) is 17.3. The lowest BCUT2D eigenvalue weighted by molar-refractivity contribution is 0.00776. The summed E-state index contributed by atoms with van der Waals surface area (Å²) in [6.45, 7) is 6.80. The Morgan fingerprint density at radius 3 is 2.71 bits per heavy atom. The third-order valence-electron chi connectivity index (χ3n) is 5.49. The molecule has 8 heteroatoms. The Hall–Kier alpha value is -3.81. The second-order valence-electron chi connectivity index (χ2n) is 9.45. The Morgan fingerprint density at radius 2 is 1.91 bits per heavy atom. The molecule has 1 aliphatic rings. The van der Waals surface area contributed by atoms with Crippen molar-refractivity contribution in [3.05, 3.63) is 60.9 Å². The van der Waals surface area contributed by atoms with Crippen LogP contribution in [0.3, 0.4) is 0 Å². The molecule has 1 N–H and O–H groups in total. The minimum Gasteiger partial charge on any atom is -0.496 e. The number of amides is 1. The Labute approximate surface area is 206 Å². The zero-order valence-electron chi connectivity index (χ0n) is 20.7. The molecular weight excluding hydrogens is 444 g/mol. The number of ether oxygens (including phenoxy) is 3. The largest absolute Gasteiger partial charge is 0.496 e. The van der Waals surface area contributed by atoms with Crippen molar-refractivity contribution in [2.75, 3.05) is 25.5 Å². The van der Waals surface area contributed by atoms with Gasteiger partial charge in [-0.3, -0.25) is 0 Å². The van der Waals surface area contributed by atoms with Crippen molar-refractivity contribution in [3.8, 4) is 22.8 Å². The molecule has 1 aromatic heterocycles. The molecule has 35 heavy (non-hydrogen) atoms. The van der Waals surface area contributed by atoms with E-state index in [2.05, 4.69) is 15.3 Å². The highest BCUT2D eigenvalue weighted by Crippen LogP contribution is 2.30. The number of methoxy groups -OCH3 is 1. The maximum Gasteiger partial charge on any atom is 0.410 e. The van der Waals surface area contributed by atoms with Gasteiger partial charge in [-0.2, -0.15) is 0 Å². The van der Waals surface area contributed by atoms with Crippen molar-refractivity contribution in [1.29, 1.82) is 0 Å². The van der Waals surface area contributed by atoms with Gasteiger partial charge in [-0.1, -0.05) is 18.2 Å². The molecule has 1 unspecified atom stereocenters. The number of carbonyl (C=O) groups excluding carboxylic acids is 1. The molecule has 0 saturated carbocycles. The van der Waals surface area contributed by atoms with Gasteiger partial charge in [-0.15, -0.1) is 0 Å². The predicted molar refractivity (Wildman–Crippen MR) is 135 cm³/mol. The highest BCUT2D eigenvalue weighted by atomic mass is 16.6. The standard InChI is InChI=1S/C27H32N4O4/c1-27(2,3)35-26(32)31-14-8-11-21(17-31)34-20-10-7-9-19(15-20)30-25-16-23(28-18-29-25)22-12-5-6-13-24(22)33-4/h5-7,9-10,12-13,15-16,18,21H,8,11,14,17H2,1-4H3,(H,28,29,30). The minimum absolute atomic E-state index is 0.0947. The first-order valence-electron chi connectivity index (χ1n) is 11.8.